The summed E-state index contributed by atoms with van der Waals surface area (Å²) in [4.78, 5) is 0. The number of allylic oxidation sites excluding steroid dienone is 8. The van der Waals surface area contributed by atoms with Crippen molar-refractivity contribution in [3.63, 3.8) is 0 Å². The molecule has 0 heterocycles. The molecule has 2 unspecified atom stereocenters. The van der Waals surface area contributed by atoms with Gasteiger partial charge in [0, 0.05) is 11.3 Å². The zero-order chi connectivity index (χ0) is 15.8. The Bertz CT molecular complexity index is 839. The van der Waals surface area contributed by atoms with Gasteiger partial charge in [-0.25, -0.2) is 0 Å². The van der Waals surface area contributed by atoms with Gasteiger partial charge in [0.15, 0.2) is 0 Å². The van der Waals surface area contributed by atoms with E-state index in [-0.39, 0.29) is 5.41 Å². The maximum absolute atomic E-state index is 2.50. The minimum atomic E-state index is 0.151. The summed E-state index contributed by atoms with van der Waals surface area (Å²) in [6.07, 6.45) is 13.6. The van der Waals surface area contributed by atoms with Gasteiger partial charge >= 0.3 is 0 Å². The molecule has 0 saturated carbocycles. The zero-order valence-electron chi connectivity index (χ0n) is 14.3. The molecule has 2 atom stereocenters. The van der Waals surface area contributed by atoms with Gasteiger partial charge in [-0.3, -0.25) is 0 Å². The monoisotopic (exact) mass is 300 g/mol. The van der Waals surface area contributed by atoms with Gasteiger partial charge in [0.2, 0.25) is 0 Å². The Labute approximate surface area is 139 Å². The molecule has 4 aliphatic rings. The van der Waals surface area contributed by atoms with Crippen LogP contribution in [0.25, 0.3) is 5.57 Å². The minimum absolute atomic E-state index is 0.151. The summed E-state index contributed by atoms with van der Waals surface area (Å²) in [5.74, 6) is 1.31. The lowest BCUT2D eigenvalue weighted by molar-refractivity contribution is 0.478. The predicted molar refractivity (Wildman–Crippen MR) is 97.3 cm³/mol. The van der Waals surface area contributed by atoms with Crippen molar-refractivity contribution in [2.45, 2.75) is 45.4 Å². The third-order valence-corrected chi connectivity index (χ3v) is 6.49. The molecule has 116 valence electrons. The summed E-state index contributed by atoms with van der Waals surface area (Å²) < 4.78 is 0. The van der Waals surface area contributed by atoms with Crippen LogP contribution >= 0.6 is 0 Å². The molecule has 0 heteroatoms. The molecule has 23 heavy (non-hydrogen) atoms. The van der Waals surface area contributed by atoms with E-state index >= 15 is 0 Å². The van der Waals surface area contributed by atoms with E-state index < -0.39 is 0 Å². The Morgan fingerprint density at radius 2 is 2.00 bits per heavy atom. The lowest BCUT2D eigenvalue weighted by Gasteiger charge is -2.34. The number of fused-ring (bicyclic) bond motifs is 5. The molecule has 0 aromatic heterocycles. The number of hydrogen-bond acceptors (Lipinski definition) is 0. The molecule has 1 aromatic carbocycles. The molecule has 4 aliphatic carbocycles. The first-order valence-corrected chi connectivity index (χ1v) is 9.00. The number of rotatable bonds is 0. The fraction of sp³-hybridized carbons (Fsp3) is 0.391. The first-order valence-electron chi connectivity index (χ1n) is 9.00. The van der Waals surface area contributed by atoms with Crippen LogP contribution in [-0.2, 0) is 5.41 Å². The van der Waals surface area contributed by atoms with Crippen LogP contribution in [0.5, 0.6) is 0 Å². The van der Waals surface area contributed by atoms with Crippen LogP contribution in [-0.4, -0.2) is 0 Å². The topological polar surface area (TPSA) is 0 Å². The Morgan fingerprint density at radius 3 is 2.87 bits per heavy atom. The second-order valence-corrected chi connectivity index (χ2v) is 8.21. The van der Waals surface area contributed by atoms with E-state index in [0.717, 1.165) is 0 Å². The highest BCUT2D eigenvalue weighted by molar-refractivity contribution is 5.88. The summed E-state index contributed by atoms with van der Waals surface area (Å²) in [6.45, 7) is 7.09. The average Bonchev–Trinajstić information content (AvgIpc) is 3.01. The number of benzene rings is 1. The van der Waals surface area contributed by atoms with Crippen LogP contribution < -0.4 is 0 Å². The van der Waals surface area contributed by atoms with Crippen molar-refractivity contribution in [1.29, 1.82) is 0 Å². The largest absolute Gasteiger partial charge is 0.0839 e. The quantitative estimate of drug-likeness (QED) is 0.560. The molecule has 0 aliphatic heterocycles. The van der Waals surface area contributed by atoms with Crippen molar-refractivity contribution in [2.24, 2.45) is 11.8 Å². The molecule has 0 bridgehead atoms. The predicted octanol–water partition coefficient (Wildman–Crippen LogP) is 5.89. The fourth-order valence-corrected chi connectivity index (χ4v) is 5.45. The van der Waals surface area contributed by atoms with E-state index in [0.29, 0.717) is 11.8 Å². The first kappa shape index (κ1) is 13.6. The molecular weight excluding hydrogens is 276 g/mol. The first-order chi connectivity index (χ1) is 11.1. The molecule has 0 nitrogen and oxygen atoms in total. The van der Waals surface area contributed by atoms with Gasteiger partial charge in [0.05, 0.1) is 0 Å². The van der Waals surface area contributed by atoms with Crippen LogP contribution in [0.2, 0.25) is 0 Å². The van der Waals surface area contributed by atoms with Gasteiger partial charge in [-0.05, 0) is 60.0 Å². The molecular formula is C23H24. The van der Waals surface area contributed by atoms with Gasteiger partial charge < -0.3 is 0 Å². The smallest absolute Gasteiger partial charge is 0.0132 e. The van der Waals surface area contributed by atoms with E-state index in [1.165, 1.54) is 41.5 Å². The third-order valence-electron chi connectivity index (χ3n) is 6.49. The lowest BCUT2D eigenvalue weighted by atomic mass is 9.69. The van der Waals surface area contributed by atoms with Crippen LogP contribution in [0, 0.1) is 18.8 Å². The summed E-state index contributed by atoms with van der Waals surface area (Å²) in [7, 11) is 0. The van der Waals surface area contributed by atoms with Crippen molar-refractivity contribution in [3.05, 3.63) is 75.9 Å². The second kappa shape index (κ2) is 4.38. The SMILES string of the molecule is Cc1ccc2c(c1)C(C)(C)C1=C2C=CC2CC3=C(C=CCC3)C12. The Hall–Kier alpha value is -1.82. The van der Waals surface area contributed by atoms with Crippen molar-refractivity contribution in [2.75, 3.05) is 0 Å². The Kier molecular flexibility index (Phi) is 2.59. The maximum Gasteiger partial charge on any atom is 0.0132 e. The van der Waals surface area contributed by atoms with E-state index in [4.69, 9.17) is 0 Å². The molecule has 0 spiro atoms. The molecule has 0 saturated heterocycles. The van der Waals surface area contributed by atoms with Crippen molar-refractivity contribution >= 4 is 5.57 Å². The van der Waals surface area contributed by atoms with Crippen LogP contribution in [0.1, 0.15) is 49.8 Å². The summed E-state index contributed by atoms with van der Waals surface area (Å²) in [5.41, 5.74) is 11.1. The molecule has 0 N–H and O–H groups in total. The summed E-state index contributed by atoms with van der Waals surface area (Å²) in [6, 6.07) is 7.03. The van der Waals surface area contributed by atoms with Crippen molar-refractivity contribution in [3.8, 4) is 0 Å². The van der Waals surface area contributed by atoms with E-state index in [2.05, 4.69) is 63.3 Å². The van der Waals surface area contributed by atoms with E-state index in [1.54, 1.807) is 16.7 Å². The van der Waals surface area contributed by atoms with Gasteiger partial charge in [-0.2, -0.15) is 0 Å². The highest BCUT2D eigenvalue weighted by Gasteiger charge is 2.47. The van der Waals surface area contributed by atoms with Gasteiger partial charge in [0.25, 0.3) is 0 Å². The highest BCUT2D eigenvalue weighted by atomic mass is 14.5. The van der Waals surface area contributed by atoms with Gasteiger partial charge in [-0.15, -0.1) is 0 Å². The number of aryl methyl sites for hydroxylation is 1. The Morgan fingerprint density at radius 1 is 1.13 bits per heavy atom. The number of hydrogen-bond donors (Lipinski definition) is 0. The van der Waals surface area contributed by atoms with Crippen molar-refractivity contribution < 1.29 is 0 Å². The highest BCUT2D eigenvalue weighted by Crippen LogP contribution is 2.59. The Balaban J connectivity index is 1.73. The summed E-state index contributed by atoms with van der Waals surface area (Å²) >= 11 is 0. The normalized spacial score (nSPS) is 29.5. The molecule has 0 fully saturated rings. The maximum atomic E-state index is 2.50. The molecule has 0 radical (unpaired) electrons. The third kappa shape index (κ3) is 1.67. The minimum Gasteiger partial charge on any atom is -0.0839 e. The fourth-order valence-electron chi connectivity index (χ4n) is 5.45. The zero-order valence-corrected chi connectivity index (χ0v) is 14.3. The molecule has 5 rings (SSSR count). The van der Waals surface area contributed by atoms with Gasteiger partial charge in [-0.1, -0.05) is 67.5 Å². The average molecular weight is 300 g/mol. The van der Waals surface area contributed by atoms with Crippen LogP contribution in [0.4, 0.5) is 0 Å². The van der Waals surface area contributed by atoms with Crippen LogP contribution in [0.15, 0.2) is 59.2 Å². The van der Waals surface area contributed by atoms with E-state index in [9.17, 15) is 0 Å². The second-order valence-electron chi connectivity index (χ2n) is 8.21. The molecule has 1 aromatic rings. The van der Waals surface area contributed by atoms with Crippen LogP contribution in [0.3, 0.4) is 0 Å². The van der Waals surface area contributed by atoms with E-state index in [1.807, 2.05) is 0 Å². The summed E-state index contributed by atoms with van der Waals surface area (Å²) in [5, 5.41) is 0. The van der Waals surface area contributed by atoms with Gasteiger partial charge in [0.1, 0.15) is 0 Å². The molecule has 0 amide bonds. The lowest BCUT2D eigenvalue weighted by Crippen LogP contribution is -2.27. The van der Waals surface area contributed by atoms with Crippen molar-refractivity contribution in [1.82, 2.24) is 0 Å². The standard InChI is InChI=1S/C23H24/c1-14-8-10-18-19-11-9-16-13-15-6-4-5-7-17(15)21(16)22(19)23(2,3)20(18)12-14/h5,7-12,16,21H,4,6,13H2,1-3H3.